The smallest absolute Gasteiger partial charge is 0.211 e. The number of ether oxygens (including phenoxy) is 1. The fraction of sp³-hybridized carbons (Fsp3) is 1.00. The van der Waals surface area contributed by atoms with Gasteiger partial charge in [0.2, 0.25) is 10.0 Å². The second kappa shape index (κ2) is 4.20. The lowest BCUT2D eigenvalue weighted by atomic mass is 10.2. The van der Waals surface area contributed by atoms with Gasteiger partial charge in [-0.3, -0.25) is 0 Å². The van der Waals surface area contributed by atoms with Gasteiger partial charge in [-0.25, -0.2) is 13.1 Å². The predicted octanol–water partition coefficient (Wildman–Crippen LogP) is 0.105. The summed E-state index contributed by atoms with van der Waals surface area (Å²) < 4.78 is 29.7. The third-order valence-corrected chi connectivity index (χ3v) is 3.30. The van der Waals surface area contributed by atoms with Gasteiger partial charge in [-0.1, -0.05) is 0 Å². The Hall–Kier alpha value is -0.130. The summed E-state index contributed by atoms with van der Waals surface area (Å²) >= 11 is 0. The molecule has 1 heterocycles. The average Bonchev–Trinajstić information content (AvgIpc) is 2.53. The first kappa shape index (κ1) is 9.95. The van der Waals surface area contributed by atoms with Gasteiger partial charge in [-0.15, -0.1) is 0 Å². The lowest BCUT2D eigenvalue weighted by Gasteiger charge is -2.09. The highest BCUT2D eigenvalue weighted by atomic mass is 32.2. The largest absolute Gasteiger partial charge is 0.377 e. The molecule has 1 rings (SSSR count). The van der Waals surface area contributed by atoms with Crippen molar-refractivity contribution in [3.63, 3.8) is 0 Å². The minimum atomic E-state index is -3.04. The van der Waals surface area contributed by atoms with Crippen molar-refractivity contribution in [2.24, 2.45) is 0 Å². The number of nitrogens with one attached hydrogen (secondary N) is 1. The number of rotatable bonds is 4. The van der Waals surface area contributed by atoms with E-state index in [-0.39, 0.29) is 11.9 Å². The molecule has 4 nitrogen and oxygen atoms in total. The third-order valence-electron chi connectivity index (χ3n) is 1.93. The maximum absolute atomic E-state index is 11.0. The zero-order chi connectivity index (χ0) is 9.03. The maximum Gasteiger partial charge on any atom is 0.211 e. The van der Waals surface area contributed by atoms with Gasteiger partial charge in [-0.2, -0.15) is 0 Å². The molecule has 0 saturated carbocycles. The van der Waals surface area contributed by atoms with Gasteiger partial charge in [-0.05, 0) is 19.8 Å². The van der Waals surface area contributed by atoms with Gasteiger partial charge in [0.05, 0.1) is 11.9 Å². The summed E-state index contributed by atoms with van der Waals surface area (Å²) in [6.45, 7) is 2.81. The molecule has 5 heteroatoms. The van der Waals surface area contributed by atoms with Crippen molar-refractivity contribution in [3.05, 3.63) is 0 Å². The molecule has 0 radical (unpaired) electrons. The summed E-state index contributed by atoms with van der Waals surface area (Å²) in [5.41, 5.74) is 0. The van der Waals surface area contributed by atoms with Crippen molar-refractivity contribution in [3.8, 4) is 0 Å². The van der Waals surface area contributed by atoms with Gasteiger partial charge in [0.15, 0.2) is 0 Å². The van der Waals surface area contributed by atoms with Crippen molar-refractivity contribution >= 4 is 10.0 Å². The van der Waals surface area contributed by atoms with Crippen molar-refractivity contribution in [2.75, 3.05) is 18.9 Å². The molecule has 1 fully saturated rings. The quantitative estimate of drug-likeness (QED) is 0.689. The molecule has 0 aromatic carbocycles. The van der Waals surface area contributed by atoms with Crippen molar-refractivity contribution in [1.29, 1.82) is 0 Å². The summed E-state index contributed by atoms with van der Waals surface area (Å²) in [5, 5.41) is 0. The Labute approximate surface area is 73.3 Å². The van der Waals surface area contributed by atoms with Crippen molar-refractivity contribution < 1.29 is 13.2 Å². The number of sulfonamides is 1. The Morgan fingerprint density at radius 3 is 2.83 bits per heavy atom. The molecule has 1 N–H and O–H groups in total. The lowest BCUT2D eigenvalue weighted by Crippen LogP contribution is -2.32. The highest BCUT2D eigenvalue weighted by Crippen LogP contribution is 2.10. The van der Waals surface area contributed by atoms with Crippen LogP contribution in [0.2, 0.25) is 0 Å². The average molecular weight is 193 g/mol. The standard InChI is InChI=1S/C7H15NO3S/c1-2-12(9,10)8-6-7-4-3-5-11-7/h7-8H,2-6H2,1H3/t7-/m1/s1. The lowest BCUT2D eigenvalue weighted by molar-refractivity contribution is 0.114. The van der Waals surface area contributed by atoms with Crippen LogP contribution in [0.3, 0.4) is 0 Å². The zero-order valence-electron chi connectivity index (χ0n) is 7.25. The zero-order valence-corrected chi connectivity index (χ0v) is 8.06. The molecule has 0 amide bonds. The molecule has 0 unspecified atom stereocenters. The predicted molar refractivity (Wildman–Crippen MR) is 46.4 cm³/mol. The summed E-state index contributed by atoms with van der Waals surface area (Å²) in [5.74, 6) is 0.139. The second-order valence-electron chi connectivity index (χ2n) is 2.89. The van der Waals surface area contributed by atoms with E-state index in [1.54, 1.807) is 6.92 Å². The first-order valence-corrected chi connectivity index (χ1v) is 5.88. The molecule has 0 spiro atoms. The topological polar surface area (TPSA) is 55.4 Å². The van der Waals surface area contributed by atoms with E-state index in [1.165, 1.54) is 0 Å². The van der Waals surface area contributed by atoms with Crippen LogP contribution in [0.4, 0.5) is 0 Å². The first-order valence-electron chi connectivity index (χ1n) is 4.23. The third kappa shape index (κ3) is 3.08. The van der Waals surface area contributed by atoms with Gasteiger partial charge in [0.25, 0.3) is 0 Å². The molecular formula is C7H15NO3S. The van der Waals surface area contributed by atoms with Crippen LogP contribution in [-0.2, 0) is 14.8 Å². The molecule has 12 heavy (non-hydrogen) atoms. The van der Waals surface area contributed by atoms with Crippen LogP contribution in [0.5, 0.6) is 0 Å². The fourth-order valence-electron chi connectivity index (χ4n) is 1.13. The van der Waals surface area contributed by atoms with E-state index >= 15 is 0 Å². The number of hydrogen-bond donors (Lipinski definition) is 1. The van der Waals surface area contributed by atoms with Crippen LogP contribution in [0.25, 0.3) is 0 Å². The van der Waals surface area contributed by atoms with E-state index in [2.05, 4.69) is 4.72 Å². The summed E-state index contributed by atoms with van der Waals surface area (Å²) in [6, 6.07) is 0. The monoisotopic (exact) mass is 193 g/mol. The van der Waals surface area contributed by atoms with Gasteiger partial charge >= 0.3 is 0 Å². The van der Waals surface area contributed by atoms with Crippen LogP contribution < -0.4 is 4.72 Å². The van der Waals surface area contributed by atoms with E-state index < -0.39 is 10.0 Å². The van der Waals surface area contributed by atoms with E-state index in [0.29, 0.717) is 6.54 Å². The minimum Gasteiger partial charge on any atom is -0.377 e. The Kier molecular flexibility index (Phi) is 3.49. The molecule has 1 atom stereocenters. The summed E-state index contributed by atoms with van der Waals surface area (Å²) in [7, 11) is -3.04. The van der Waals surface area contributed by atoms with E-state index in [9.17, 15) is 8.42 Å². The van der Waals surface area contributed by atoms with Gasteiger partial charge < -0.3 is 4.74 Å². The highest BCUT2D eigenvalue weighted by molar-refractivity contribution is 7.89. The Balaban J connectivity index is 2.25. The Bertz CT molecular complexity index is 219. The van der Waals surface area contributed by atoms with Crippen LogP contribution in [0.15, 0.2) is 0 Å². The van der Waals surface area contributed by atoms with Crippen LogP contribution in [0, 0.1) is 0 Å². The second-order valence-corrected chi connectivity index (χ2v) is 4.98. The van der Waals surface area contributed by atoms with E-state index in [0.717, 1.165) is 19.4 Å². The molecule has 1 aliphatic rings. The molecule has 0 aromatic heterocycles. The SMILES string of the molecule is CCS(=O)(=O)NC[C@H]1CCCO1. The molecule has 0 aromatic rings. The molecular weight excluding hydrogens is 178 g/mol. The van der Waals surface area contributed by atoms with Crippen LogP contribution >= 0.6 is 0 Å². The highest BCUT2D eigenvalue weighted by Gasteiger charge is 2.17. The summed E-state index contributed by atoms with van der Waals surface area (Å²) in [4.78, 5) is 0. The van der Waals surface area contributed by atoms with Crippen LogP contribution in [0.1, 0.15) is 19.8 Å². The van der Waals surface area contributed by atoms with E-state index in [4.69, 9.17) is 4.74 Å². The molecule has 1 aliphatic heterocycles. The van der Waals surface area contributed by atoms with E-state index in [1.807, 2.05) is 0 Å². The molecule has 1 saturated heterocycles. The van der Waals surface area contributed by atoms with Crippen molar-refractivity contribution in [1.82, 2.24) is 4.72 Å². The van der Waals surface area contributed by atoms with Crippen LogP contribution in [-0.4, -0.2) is 33.4 Å². The van der Waals surface area contributed by atoms with Gasteiger partial charge in [0, 0.05) is 13.2 Å². The maximum atomic E-state index is 11.0. The minimum absolute atomic E-state index is 0.0892. The molecule has 0 aliphatic carbocycles. The normalized spacial score (nSPS) is 24.6. The van der Waals surface area contributed by atoms with Gasteiger partial charge in [0.1, 0.15) is 0 Å². The summed E-state index contributed by atoms with van der Waals surface area (Å²) in [6.07, 6.45) is 2.09. The van der Waals surface area contributed by atoms with Crippen molar-refractivity contribution in [2.45, 2.75) is 25.9 Å². The Morgan fingerprint density at radius 2 is 2.33 bits per heavy atom. The number of hydrogen-bond acceptors (Lipinski definition) is 3. The molecule has 0 bridgehead atoms. The fourth-order valence-corrected chi connectivity index (χ4v) is 1.77. The molecule has 72 valence electrons. The first-order chi connectivity index (χ1) is 5.64. The Morgan fingerprint density at radius 1 is 1.58 bits per heavy atom.